The van der Waals surface area contributed by atoms with Gasteiger partial charge in [-0.3, -0.25) is 14.6 Å². The zero-order chi connectivity index (χ0) is 11.5. The molecule has 0 radical (unpaired) electrons. The lowest BCUT2D eigenvalue weighted by Gasteiger charge is -2.26. The van der Waals surface area contributed by atoms with Crippen LogP contribution in [0.25, 0.3) is 0 Å². The van der Waals surface area contributed by atoms with E-state index in [-0.39, 0.29) is 17.4 Å². The predicted molar refractivity (Wildman–Crippen MR) is 58.5 cm³/mol. The van der Waals surface area contributed by atoms with Gasteiger partial charge in [0.25, 0.3) is 11.5 Å². The summed E-state index contributed by atoms with van der Waals surface area (Å²) in [7, 11) is 0. The second-order valence-electron chi connectivity index (χ2n) is 3.97. The molecule has 5 heteroatoms. The van der Waals surface area contributed by atoms with Crippen LogP contribution in [0.15, 0.2) is 16.9 Å². The Balaban J connectivity index is 2.22. The van der Waals surface area contributed by atoms with E-state index < -0.39 is 5.56 Å². The number of H-pyrrole nitrogens is 1. The summed E-state index contributed by atoms with van der Waals surface area (Å²) in [6.07, 6.45) is 3.15. The number of aromatic nitrogens is 1. The maximum absolute atomic E-state index is 12.0. The fourth-order valence-corrected chi connectivity index (χ4v) is 1.93. The van der Waals surface area contributed by atoms with E-state index in [2.05, 4.69) is 4.98 Å². The molecule has 2 heterocycles. The van der Waals surface area contributed by atoms with E-state index in [0.29, 0.717) is 0 Å². The van der Waals surface area contributed by atoms with Crippen molar-refractivity contribution < 1.29 is 9.90 Å². The van der Waals surface area contributed by atoms with Gasteiger partial charge in [-0.25, -0.2) is 0 Å². The molecule has 0 aliphatic carbocycles. The van der Waals surface area contributed by atoms with Crippen molar-refractivity contribution in [1.29, 1.82) is 0 Å². The van der Waals surface area contributed by atoms with Crippen molar-refractivity contribution in [2.24, 2.45) is 0 Å². The largest absolute Gasteiger partial charge is 0.494 e. The summed E-state index contributed by atoms with van der Waals surface area (Å²) in [5.41, 5.74) is -0.205. The summed E-state index contributed by atoms with van der Waals surface area (Å²) in [4.78, 5) is 27.0. The van der Waals surface area contributed by atoms with Crippen LogP contribution in [0.1, 0.15) is 29.6 Å². The van der Waals surface area contributed by atoms with Gasteiger partial charge in [0.2, 0.25) is 0 Å². The van der Waals surface area contributed by atoms with E-state index in [1.807, 2.05) is 0 Å². The van der Waals surface area contributed by atoms with E-state index >= 15 is 0 Å². The summed E-state index contributed by atoms with van der Waals surface area (Å²) in [5, 5.41) is 9.21. The van der Waals surface area contributed by atoms with Crippen molar-refractivity contribution >= 4 is 5.91 Å². The van der Waals surface area contributed by atoms with E-state index in [0.717, 1.165) is 32.4 Å². The Kier molecular flexibility index (Phi) is 2.94. The average Bonchev–Trinajstić information content (AvgIpc) is 2.28. The maximum atomic E-state index is 12.0. The molecule has 86 valence electrons. The van der Waals surface area contributed by atoms with E-state index in [4.69, 9.17) is 0 Å². The summed E-state index contributed by atoms with van der Waals surface area (Å²) in [6, 6.07) is 2.51. The van der Waals surface area contributed by atoms with Gasteiger partial charge in [0.1, 0.15) is 0 Å². The molecule has 0 saturated carbocycles. The molecule has 0 spiro atoms. The van der Waals surface area contributed by atoms with Crippen LogP contribution < -0.4 is 5.56 Å². The molecule has 1 aliphatic heterocycles. The number of nitrogens with zero attached hydrogens (tertiary/aromatic N) is 1. The smallest absolute Gasteiger partial charge is 0.254 e. The van der Waals surface area contributed by atoms with Crippen LogP contribution in [0.4, 0.5) is 0 Å². The number of carbonyl (C=O) groups is 1. The molecule has 5 nitrogen and oxygen atoms in total. The standard InChI is InChI=1S/C11H14N2O3/c14-9-6-8(7-10(15)12-9)11(16)13-4-2-1-3-5-13/h6-7H,1-5H2,(H2,12,14,15). The molecule has 1 aliphatic rings. The van der Waals surface area contributed by atoms with Crippen molar-refractivity contribution in [3.63, 3.8) is 0 Å². The molecule has 0 bridgehead atoms. The number of pyridine rings is 1. The molecule has 1 amide bonds. The van der Waals surface area contributed by atoms with Gasteiger partial charge in [-0.2, -0.15) is 0 Å². The van der Waals surface area contributed by atoms with Gasteiger partial charge in [0, 0.05) is 25.2 Å². The number of piperidine rings is 1. The first-order valence-corrected chi connectivity index (χ1v) is 5.39. The topological polar surface area (TPSA) is 73.4 Å². The molecule has 0 unspecified atom stereocenters. The first-order valence-electron chi connectivity index (χ1n) is 5.39. The van der Waals surface area contributed by atoms with Gasteiger partial charge in [0.05, 0.1) is 5.56 Å². The van der Waals surface area contributed by atoms with Gasteiger partial charge in [-0.15, -0.1) is 0 Å². The Labute approximate surface area is 92.7 Å². The molecule has 16 heavy (non-hydrogen) atoms. The lowest BCUT2D eigenvalue weighted by atomic mass is 10.1. The van der Waals surface area contributed by atoms with Crippen molar-refractivity contribution in [2.75, 3.05) is 13.1 Å². The van der Waals surface area contributed by atoms with Gasteiger partial charge in [-0.1, -0.05) is 0 Å². The number of aromatic hydroxyl groups is 1. The predicted octanol–water partition coefficient (Wildman–Crippen LogP) is 0.707. The summed E-state index contributed by atoms with van der Waals surface area (Å²) in [6.45, 7) is 1.46. The van der Waals surface area contributed by atoms with Crippen LogP contribution in [-0.4, -0.2) is 34.0 Å². The number of amides is 1. The minimum absolute atomic E-state index is 0.180. The van der Waals surface area contributed by atoms with Crippen LogP contribution in [0.5, 0.6) is 5.88 Å². The highest BCUT2D eigenvalue weighted by molar-refractivity contribution is 5.94. The first-order chi connectivity index (χ1) is 7.66. The Morgan fingerprint density at radius 1 is 1.25 bits per heavy atom. The Bertz CT molecular complexity index is 447. The van der Waals surface area contributed by atoms with Crippen LogP contribution >= 0.6 is 0 Å². The van der Waals surface area contributed by atoms with Crippen molar-refractivity contribution in [3.05, 3.63) is 28.0 Å². The van der Waals surface area contributed by atoms with Gasteiger partial charge < -0.3 is 10.0 Å². The lowest BCUT2D eigenvalue weighted by molar-refractivity contribution is 0.0723. The number of rotatable bonds is 1. The maximum Gasteiger partial charge on any atom is 0.254 e. The Hall–Kier alpha value is -1.78. The monoisotopic (exact) mass is 222 g/mol. The molecular formula is C11H14N2O3. The van der Waals surface area contributed by atoms with Crippen LogP contribution in [0.2, 0.25) is 0 Å². The minimum Gasteiger partial charge on any atom is -0.494 e. The third kappa shape index (κ3) is 2.24. The highest BCUT2D eigenvalue weighted by Crippen LogP contribution is 2.13. The molecule has 0 atom stereocenters. The fourth-order valence-electron chi connectivity index (χ4n) is 1.93. The second kappa shape index (κ2) is 4.38. The summed E-state index contributed by atoms with van der Waals surface area (Å²) >= 11 is 0. The fraction of sp³-hybridized carbons (Fsp3) is 0.455. The summed E-state index contributed by atoms with van der Waals surface area (Å²) < 4.78 is 0. The Morgan fingerprint density at radius 3 is 2.56 bits per heavy atom. The number of carbonyl (C=O) groups excluding carboxylic acids is 1. The molecule has 2 N–H and O–H groups in total. The number of aromatic amines is 1. The highest BCUT2D eigenvalue weighted by Gasteiger charge is 2.18. The third-order valence-corrected chi connectivity index (χ3v) is 2.72. The quantitative estimate of drug-likeness (QED) is 0.734. The normalized spacial score (nSPS) is 16.1. The van der Waals surface area contributed by atoms with E-state index in [1.165, 1.54) is 12.1 Å². The van der Waals surface area contributed by atoms with Gasteiger partial charge in [-0.05, 0) is 19.3 Å². The molecule has 0 aromatic carbocycles. The molecular weight excluding hydrogens is 208 g/mol. The number of likely N-dealkylation sites (tertiary alicyclic amines) is 1. The van der Waals surface area contributed by atoms with E-state index in [1.54, 1.807) is 4.90 Å². The number of nitrogens with one attached hydrogen (secondary N) is 1. The molecule has 2 rings (SSSR count). The molecule has 1 aromatic heterocycles. The zero-order valence-corrected chi connectivity index (χ0v) is 8.90. The minimum atomic E-state index is -0.458. The van der Waals surface area contributed by atoms with Crippen molar-refractivity contribution in [2.45, 2.75) is 19.3 Å². The van der Waals surface area contributed by atoms with Crippen LogP contribution in [0.3, 0.4) is 0 Å². The lowest BCUT2D eigenvalue weighted by Crippen LogP contribution is -2.36. The SMILES string of the molecule is O=C(c1cc(O)[nH]c(=O)c1)N1CCCCC1. The number of hydrogen-bond acceptors (Lipinski definition) is 3. The Morgan fingerprint density at radius 2 is 1.94 bits per heavy atom. The average molecular weight is 222 g/mol. The van der Waals surface area contributed by atoms with Crippen LogP contribution in [-0.2, 0) is 0 Å². The molecule has 1 aromatic rings. The molecule has 1 fully saturated rings. The third-order valence-electron chi connectivity index (χ3n) is 2.72. The summed E-state index contributed by atoms with van der Waals surface area (Å²) in [5.74, 6) is -0.450. The van der Waals surface area contributed by atoms with Gasteiger partial charge in [0.15, 0.2) is 5.88 Å². The van der Waals surface area contributed by atoms with Crippen LogP contribution in [0, 0.1) is 0 Å². The van der Waals surface area contributed by atoms with Crippen molar-refractivity contribution in [1.82, 2.24) is 9.88 Å². The second-order valence-corrected chi connectivity index (χ2v) is 3.97. The molecule has 1 saturated heterocycles. The van der Waals surface area contributed by atoms with Gasteiger partial charge >= 0.3 is 0 Å². The first kappa shape index (κ1) is 10.7. The van der Waals surface area contributed by atoms with E-state index in [9.17, 15) is 14.7 Å². The number of hydrogen-bond donors (Lipinski definition) is 2. The zero-order valence-electron chi connectivity index (χ0n) is 8.90. The highest BCUT2D eigenvalue weighted by atomic mass is 16.3. The van der Waals surface area contributed by atoms with Crippen molar-refractivity contribution in [3.8, 4) is 5.88 Å².